The molecule has 2 saturated carbocycles. The standard InChI is InChI=1S/C19H29N3O3/c1-19(2)14(10-17(19)20-18(23)13-3-4-13)9-15-11-16(25-21-15)12-22-5-7-24-8-6-22/h11,13-14,17H,3-10,12H2,1-2H3,(H,20,23)/t14-,17+/m1/s1. The highest BCUT2D eigenvalue weighted by Gasteiger charge is 2.49. The summed E-state index contributed by atoms with van der Waals surface area (Å²) in [5, 5.41) is 7.52. The molecule has 3 aliphatic rings. The summed E-state index contributed by atoms with van der Waals surface area (Å²) in [5.41, 5.74) is 1.15. The number of hydrogen-bond donors (Lipinski definition) is 1. The summed E-state index contributed by atoms with van der Waals surface area (Å²) >= 11 is 0. The van der Waals surface area contributed by atoms with Crippen LogP contribution in [0.4, 0.5) is 0 Å². The van der Waals surface area contributed by atoms with E-state index in [-0.39, 0.29) is 17.2 Å². The quantitative estimate of drug-likeness (QED) is 0.852. The van der Waals surface area contributed by atoms with Gasteiger partial charge in [-0.25, -0.2) is 0 Å². The lowest BCUT2D eigenvalue weighted by Gasteiger charge is -2.52. The molecule has 138 valence electrons. The van der Waals surface area contributed by atoms with E-state index in [1.807, 2.05) is 0 Å². The van der Waals surface area contributed by atoms with E-state index in [1.165, 1.54) is 0 Å². The zero-order valence-electron chi connectivity index (χ0n) is 15.3. The van der Waals surface area contributed by atoms with Crippen LogP contribution in [0, 0.1) is 17.3 Å². The minimum atomic E-state index is 0.119. The third-order valence-corrected chi connectivity index (χ3v) is 6.28. The van der Waals surface area contributed by atoms with Crippen molar-refractivity contribution < 1.29 is 14.1 Å². The van der Waals surface area contributed by atoms with E-state index in [4.69, 9.17) is 9.26 Å². The molecule has 1 saturated heterocycles. The second-order valence-electron chi connectivity index (χ2n) is 8.47. The zero-order chi connectivity index (χ0) is 17.4. The maximum absolute atomic E-state index is 12.0. The van der Waals surface area contributed by atoms with E-state index >= 15 is 0 Å². The van der Waals surface area contributed by atoms with Crippen LogP contribution in [0.3, 0.4) is 0 Å². The molecule has 3 fully saturated rings. The molecule has 6 heteroatoms. The topological polar surface area (TPSA) is 67.6 Å². The van der Waals surface area contributed by atoms with Gasteiger partial charge in [0.25, 0.3) is 0 Å². The highest BCUT2D eigenvalue weighted by molar-refractivity contribution is 5.81. The lowest BCUT2D eigenvalue weighted by Crippen LogP contribution is -2.59. The molecule has 1 aromatic heterocycles. The molecule has 0 aromatic carbocycles. The first-order chi connectivity index (χ1) is 12.0. The number of rotatable bonds is 6. The van der Waals surface area contributed by atoms with Crippen LogP contribution in [-0.4, -0.2) is 48.3 Å². The van der Waals surface area contributed by atoms with Crippen molar-refractivity contribution in [3.05, 3.63) is 17.5 Å². The summed E-state index contributed by atoms with van der Waals surface area (Å²) < 4.78 is 10.9. The van der Waals surface area contributed by atoms with E-state index < -0.39 is 0 Å². The van der Waals surface area contributed by atoms with Gasteiger partial charge >= 0.3 is 0 Å². The second-order valence-corrected chi connectivity index (χ2v) is 8.47. The van der Waals surface area contributed by atoms with Crippen LogP contribution >= 0.6 is 0 Å². The van der Waals surface area contributed by atoms with Gasteiger partial charge in [0.05, 0.1) is 25.5 Å². The number of morpholine rings is 1. The molecule has 0 bridgehead atoms. The summed E-state index contributed by atoms with van der Waals surface area (Å²) in [6, 6.07) is 2.40. The van der Waals surface area contributed by atoms with Crippen LogP contribution in [0.25, 0.3) is 0 Å². The van der Waals surface area contributed by atoms with Crippen molar-refractivity contribution in [2.24, 2.45) is 17.3 Å². The second kappa shape index (κ2) is 6.72. The monoisotopic (exact) mass is 347 g/mol. The minimum Gasteiger partial charge on any atom is -0.379 e. The highest BCUT2D eigenvalue weighted by Crippen LogP contribution is 2.48. The Morgan fingerprint density at radius 2 is 2.12 bits per heavy atom. The Hall–Kier alpha value is -1.40. The van der Waals surface area contributed by atoms with Gasteiger partial charge in [0.1, 0.15) is 0 Å². The first-order valence-corrected chi connectivity index (χ1v) is 9.57. The van der Waals surface area contributed by atoms with Crippen molar-refractivity contribution >= 4 is 5.91 Å². The van der Waals surface area contributed by atoms with Gasteiger partial charge < -0.3 is 14.6 Å². The molecule has 0 radical (unpaired) electrons. The van der Waals surface area contributed by atoms with Crippen LogP contribution in [-0.2, 0) is 22.5 Å². The van der Waals surface area contributed by atoms with E-state index in [9.17, 15) is 4.79 Å². The third-order valence-electron chi connectivity index (χ3n) is 6.28. The summed E-state index contributed by atoms with van der Waals surface area (Å²) in [5.74, 6) is 2.02. The SMILES string of the molecule is CC1(C)[C@H](Cc2cc(CN3CCOCC3)on2)C[C@@H]1NC(=O)C1CC1. The molecule has 4 rings (SSSR count). The third kappa shape index (κ3) is 3.75. The molecule has 1 N–H and O–H groups in total. The summed E-state index contributed by atoms with van der Waals surface area (Å²) in [4.78, 5) is 14.3. The van der Waals surface area contributed by atoms with Crippen LogP contribution in [0.2, 0.25) is 0 Å². The molecule has 1 aliphatic heterocycles. The van der Waals surface area contributed by atoms with E-state index in [1.54, 1.807) is 0 Å². The highest BCUT2D eigenvalue weighted by atomic mass is 16.5. The number of carbonyl (C=O) groups is 1. The molecule has 1 amide bonds. The van der Waals surface area contributed by atoms with Crippen molar-refractivity contribution in [1.29, 1.82) is 0 Å². The fourth-order valence-electron chi connectivity index (χ4n) is 4.00. The molecule has 2 aliphatic carbocycles. The van der Waals surface area contributed by atoms with Gasteiger partial charge in [-0.2, -0.15) is 0 Å². The molecule has 2 heterocycles. The first-order valence-electron chi connectivity index (χ1n) is 9.57. The van der Waals surface area contributed by atoms with Crippen LogP contribution in [0.5, 0.6) is 0 Å². The van der Waals surface area contributed by atoms with Crippen molar-refractivity contribution in [2.75, 3.05) is 26.3 Å². The molecule has 2 atom stereocenters. The molecule has 1 aromatic rings. The van der Waals surface area contributed by atoms with Crippen molar-refractivity contribution in [1.82, 2.24) is 15.4 Å². The van der Waals surface area contributed by atoms with Gasteiger partial charge in [-0.05, 0) is 37.0 Å². The van der Waals surface area contributed by atoms with Crippen molar-refractivity contribution in [3.8, 4) is 0 Å². The van der Waals surface area contributed by atoms with E-state index in [2.05, 4.69) is 35.3 Å². The van der Waals surface area contributed by atoms with Gasteiger partial charge in [0.15, 0.2) is 5.76 Å². The van der Waals surface area contributed by atoms with Gasteiger partial charge in [0, 0.05) is 31.1 Å². The van der Waals surface area contributed by atoms with Crippen molar-refractivity contribution in [3.63, 3.8) is 0 Å². The fourth-order valence-corrected chi connectivity index (χ4v) is 4.00. The molecule has 0 unspecified atom stereocenters. The van der Waals surface area contributed by atoms with Crippen LogP contribution in [0.15, 0.2) is 10.6 Å². The number of aromatic nitrogens is 1. The van der Waals surface area contributed by atoms with E-state index in [0.717, 1.165) is 70.0 Å². The maximum atomic E-state index is 12.0. The predicted octanol–water partition coefficient (Wildman–Crippen LogP) is 1.99. The average Bonchev–Trinajstić information content (AvgIpc) is 3.36. The average molecular weight is 347 g/mol. The lowest BCUT2D eigenvalue weighted by atomic mass is 9.57. The Morgan fingerprint density at radius 3 is 2.80 bits per heavy atom. The van der Waals surface area contributed by atoms with Gasteiger partial charge in [-0.15, -0.1) is 0 Å². The lowest BCUT2D eigenvalue weighted by molar-refractivity contribution is -0.126. The van der Waals surface area contributed by atoms with Crippen LogP contribution < -0.4 is 5.32 Å². The Labute approximate surface area is 149 Å². The Bertz CT molecular complexity index is 617. The summed E-state index contributed by atoms with van der Waals surface area (Å²) in [6.45, 7) is 8.82. The smallest absolute Gasteiger partial charge is 0.223 e. The Kier molecular flexibility index (Phi) is 4.58. The summed E-state index contributed by atoms with van der Waals surface area (Å²) in [6.07, 6.45) is 4.09. The largest absolute Gasteiger partial charge is 0.379 e. The number of nitrogens with zero attached hydrogens (tertiary/aromatic N) is 2. The Morgan fingerprint density at radius 1 is 1.36 bits per heavy atom. The molecule has 25 heavy (non-hydrogen) atoms. The van der Waals surface area contributed by atoms with Crippen LogP contribution in [0.1, 0.15) is 44.6 Å². The van der Waals surface area contributed by atoms with Gasteiger partial charge in [-0.1, -0.05) is 19.0 Å². The first kappa shape index (κ1) is 17.0. The predicted molar refractivity (Wildman–Crippen MR) is 92.8 cm³/mol. The number of carbonyl (C=O) groups excluding carboxylic acids is 1. The van der Waals surface area contributed by atoms with Gasteiger partial charge in [-0.3, -0.25) is 9.69 Å². The normalized spacial score (nSPS) is 29.2. The number of hydrogen-bond acceptors (Lipinski definition) is 5. The minimum absolute atomic E-state index is 0.119. The van der Waals surface area contributed by atoms with E-state index in [0.29, 0.717) is 12.0 Å². The molecular formula is C19H29N3O3. The number of amides is 1. The summed E-state index contributed by atoms with van der Waals surface area (Å²) in [7, 11) is 0. The fraction of sp³-hybridized carbons (Fsp3) is 0.789. The Balaban J connectivity index is 1.28. The zero-order valence-corrected chi connectivity index (χ0v) is 15.3. The molecule has 6 nitrogen and oxygen atoms in total. The van der Waals surface area contributed by atoms with Crippen molar-refractivity contribution in [2.45, 2.75) is 52.1 Å². The number of ether oxygens (including phenoxy) is 1. The van der Waals surface area contributed by atoms with Gasteiger partial charge in [0.2, 0.25) is 5.91 Å². The number of nitrogens with one attached hydrogen (secondary N) is 1. The molecular weight excluding hydrogens is 318 g/mol. The molecule has 0 spiro atoms. The maximum Gasteiger partial charge on any atom is 0.223 e.